The van der Waals surface area contributed by atoms with Crippen molar-refractivity contribution >= 4 is 0 Å². The molecular weight excluding hydrogens is 206 g/mol. The molecule has 1 aromatic heterocycles. The first kappa shape index (κ1) is 11.5. The zero-order valence-electron chi connectivity index (χ0n) is 10.1. The lowest BCUT2D eigenvalue weighted by atomic mass is 10.0. The molecule has 2 N–H and O–H groups in total. The standard InChI is InChI=1S/C11H19N3O2/c1-11(2,12)6-8-13-10(14-16-8)9(15-3)7-4-5-7/h7,9H,4-6,12H2,1-3H3. The van der Waals surface area contributed by atoms with E-state index in [1.165, 1.54) is 12.8 Å². The van der Waals surface area contributed by atoms with E-state index in [0.29, 0.717) is 24.1 Å². The fraction of sp³-hybridized carbons (Fsp3) is 0.818. The van der Waals surface area contributed by atoms with Crippen LogP contribution in [0.5, 0.6) is 0 Å². The summed E-state index contributed by atoms with van der Waals surface area (Å²) in [6.07, 6.45) is 2.94. The number of ether oxygens (including phenoxy) is 1. The van der Waals surface area contributed by atoms with Gasteiger partial charge in [-0.15, -0.1) is 0 Å². The third-order valence-electron chi connectivity index (χ3n) is 2.65. The minimum Gasteiger partial charge on any atom is -0.373 e. The zero-order chi connectivity index (χ0) is 11.8. The van der Waals surface area contributed by atoms with Crippen molar-refractivity contribution in [2.45, 2.75) is 44.8 Å². The fourth-order valence-electron chi connectivity index (χ4n) is 1.75. The second-order valence-corrected chi connectivity index (χ2v) is 5.21. The summed E-state index contributed by atoms with van der Waals surface area (Å²) in [6, 6.07) is 0. The monoisotopic (exact) mass is 225 g/mol. The molecular formula is C11H19N3O2. The molecule has 2 rings (SSSR count). The lowest BCUT2D eigenvalue weighted by Gasteiger charge is -2.14. The van der Waals surface area contributed by atoms with Crippen LogP contribution < -0.4 is 5.73 Å². The first-order valence-corrected chi connectivity index (χ1v) is 5.64. The summed E-state index contributed by atoms with van der Waals surface area (Å²) in [5.74, 6) is 1.80. The maximum atomic E-state index is 5.90. The van der Waals surface area contributed by atoms with Crippen LogP contribution in [0.2, 0.25) is 0 Å². The van der Waals surface area contributed by atoms with E-state index in [1.54, 1.807) is 7.11 Å². The smallest absolute Gasteiger partial charge is 0.228 e. The van der Waals surface area contributed by atoms with Crippen LogP contribution >= 0.6 is 0 Å². The van der Waals surface area contributed by atoms with Gasteiger partial charge in [-0.3, -0.25) is 0 Å². The number of nitrogens with two attached hydrogens (primary N) is 1. The number of methoxy groups -OCH3 is 1. The summed E-state index contributed by atoms with van der Waals surface area (Å²) >= 11 is 0. The van der Waals surface area contributed by atoms with Crippen LogP contribution in [-0.4, -0.2) is 22.8 Å². The molecule has 1 fully saturated rings. The van der Waals surface area contributed by atoms with E-state index in [-0.39, 0.29) is 11.6 Å². The quantitative estimate of drug-likeness (QED) is 0.820. The van der Waals surface area contributed by atoms with E-state index in [2.05, 4.69) is 10.1 Å². The van der Waals surface area contributed by atoms with Crippen molar-refractivity contribution < 1.29 is 9.26 Å². The molecule has 1 aromatic rings. The van der Waals surface area contributed by atoms with Gasteiger partial charge in [-0.25, -0.2) is 0 Å². The Morgan fingerprint density at radius 1 is 1.56 bits per heavy atom. The predicted octanol–water partition coefficient (Wildman–Crippen LogP) is 1.45. The van der Waals surface area contributed by atoms with Crippen LogP contribution in [0, 0.1) is 5.92 Å². The first-order valence-electron chi connectivity index (χ1n) is 5.64. The third kappa shape index (κ3) is 2.80. The van der Waals surface area contributed by atoms with Gasteiger partial charge in [0.1, 0.15) is 6.10 Å². The fourth-order valence-corrected chi connectivity index (χ4v) is 1.75. The second-order valence-electron chi connectivity index (χ2n) is 5.21. The van der Waals surface area contributed by atoms with Crippen LogP contribution in [0.25, 0.3) is 0 Å². The van der Waals surface area contributed by atoms with Gasteiger partial charge < -0.3 is 15.0 Å². The van der Waals surface area contributed by atoms with Gasteiger partial charge in [-0.1, -0.05) is 5.16 Å². The SMILES string of the molecule is COC(c1noc(CC(C)(C)N)n1)C1CC1. The third-order valence-corrected chi connectivity index (χ3v) is 2.65. The Morgan fingerprint density at radius 3 is 2.75 bits per heavy atom. The van der Waals surface area contributed by atoms with Gasteiger partial charge in [0.25, 0.3) is 0 Å². The van der Waals surface area contributed by atoms with Crippen molar-refractivity contribution in [1.29, 1.82) is 0 Å². The predicted molar refractivity (Wildman–Crippen MR) is 58.7 cm³/mol. The van der Waals surface area contributed by atoms with Crippen molar-refractivity contribution in [2.75, 3.05) is 7.11 Å². The van der Waals surface area contributed by atoms with Gasteiger partial charge >= 0.3 is 0 Å². The first-order chi connectivity index (χ1) is 7.49. The van der Waals surface area contributed by atoms with Gasteiger partial charge in [0.05, 0.1) is 0 Å². The molecule has 0 aromatic carbocycles. The highest BCUT2D eigenvalue weighted by Gasteiger charge is 2.35. The molecule has 1 heterocycles. The van der Waals surface area contributed by atoms with E-state index in [1.807, 2.05) is 13.8 Å². The number of hydrogen-bond donors (Lipinski definition) is 1. The highest BCUT2D eigenvalue weighted by atomic mass is 16.5. The van der Waals surface area contributed by atoms with Gasteiger partial charge in [-0.05, 0) is 32.6 Å². The van der Waals surface area contributed by atoms with Crippen molar-refractivity contribution in [3.05, 3.63) is 11.7 Å². The molecule has 1 atom stereocenters. The average molecular weight is 225 g/mol. The lowest BCUT2D eigenvalue weighted by molar-refractivity contribution is 0.0751. The van der Waals surface area contributed by atoms with Gasteiger partial charge in [0.2, 0.25) is 11.7 Å². The van der Waals surface area contributed by atoms with E-state index >= 15 is 0 Å². The lowest BCUT2D eigenvalue weighted by Crippen LogP contribution is -2.34. The Labute approximate surface area is 95.3 Å². The van der Waals surface area contributed by atoms with Gasteiger partial charge in [0.15, 0.2) is 0 Å². The zero-order valence-corrected chi connectivity index (χ0v) is 10.1. The van der Waals surface area contributed by atoms with Gasteiger partial charge in [0, 0.05) is 19.1 Å². The Morgan fingerprint density at radius 2 is 2.25 bits per heavy atom. The van der Waals surface area contributed by atoms with Crippen LogP contribution in [0.1, 0.15) is 44.5 Å². The topological polar surface area (TPSA) is 74.2 Å². The number of rotatable bonds is 5. The number of nitrogens with zero attached hydrogens (tertiary/aromatic N) is 2. The van der Waals surface area contributed by atoms with Crippen molar-refractivity contribution in [3.63, 3.8) is 0 Å². The summed E-state index contributed by atoms with van der Waals surface area (Å²) in [6.45, 7) is 3.87. The molecule has 0 bridgehead atoms. The van der Waals surface area contributed by atoms with E-state index in [4.69, 9.17) is 15.0 Å². The number of aromatic nitrogens is 2. The number of hydrogen-bond acceptors (Lipinski definition) is 5. The molecule has 5 heteroatoms. The minimum atomic E-state index is -0.327. The van der Waals surface area contributed by atoms with Crippen molar-refractivity contribution in [2.24, 2.45) is 11.7 Å². The Kier molecular flexibility index (Phi) is 2.99. The maximum absolute atomic E-state index is 5.90. The summed E-state index contributed by atoms with van der Waals surface area (Å²) < 4.78 is 10.6. The molecule has 1 aliphatic carbocycles. The largest absolute Gasteiger partial charge is 0.373 e. The van der Waals surface area contributed by atoms with Crippen LogP contribution in [0.15, 0.2) is 4.52 Å². The van der Waals surface area contributed by atoms with Crippen molar-refractivity contribution in [3.8, 4) is 0 Å². The highest BCUT2D eigenvalue weighted by Crippen LogP contribution is 2.41. The van der Waals surface area contributed by atoms with Gasteiger partial charge in [-0.2, -0.15) is 4.98 Å². The average Bonchev–Trinajstić information content (AvgIpc) is 2.88. The molecule has 1 saturated carbocycles. The minimum absolute atomic E-state index is 0.0154. The maximum Gasteiger partial charge on any atom is 0.228 e. The Balaban J connectivity index is 2.06. The summed E-state index contributed by atoms with van der Waals surface area (Å²) in [7, 11) is 1.69. The molecule has 0 amide bonds. The summed E-state index contributed by atoms with van der Waals surface area (Å²) in [5, 5.41) is 3.97. The highest BCUT2D eigenvalue weighted by molar-refractivity contribution is 4.99. The molecule has 0 saturated heterocycles. The normalized spacial score (nSPS) is 18.8. The summed E-state index contributed by atoms with van der Waals surface area (Å²) in [4.78, 5) is 4.35. The van der Waals surface area contributed by atoms with E-state index in [0.717, 1.165) is 0 Å². The van der Waals surface area contributed by atoms with Crippen molar-refractivity contribution in [1.82, 2.24) is 10.1 Å². The van der Waals surface area contributed by atoms with E-state index in [9.17, 15) is 0 Å². The van der Waals surface area contributed by atoms with Crippen LogP contribution in [-0.2, 0) is 11.2 Å². The molecule has 1 aliphatic rings. The van der Waals surface area contributed by atoms with E-state index < -0.39 is 0 Å². The molecule has 1 unspecified atom stereocenters. The molecule has 5 nitrogen and oxygen atoms in total. The Bertz CT molecular complexity index is 352. The molecule has 0 spiro atoms. The second kappa shape index (κ2) is 4.14. The Hall–Kier alpha value is -0.940. The molecule has 90 valence electrons. The molecule has 0 radical (unpaired) electrons. The summed E-state index contributed by atoms with van der Waals surface area (Å²) in [5.41, 5.74) is 5.57. The van der Waals surface area contributed by atoms with Crippen LogP contribution in [0.4, 0.5) is 0 Å². The molecule has 16 heavy (non-hydrogen) atoms. The van der Waals surface area contributed by atoms with Crippen LogP contribution in [0.3, 0.4) is 0 Å². The molecule has 0 aliphatic heterocycles.